The van der Waals surface area contributed by atoms with Gasteiger partial charge in [-0.1, -0.05) is 13.8 Å². The fourth-order valence-corrected chi connectivity index (χ4v) is 3.84. The summed E-state index contributed by atoms with van der Waals surface area (Å²) < 4.78 is 9.86. The van der Waals surface area contributed by atoms with E-state index in [1.54, 1.807) is 6.92 Å². The van der Waals surface area contributed by atoms with Crippen LogP contribution in [-0.4, -0.2) is 43.5 Å². The van der Waals surface area contributed by atoms with E-state index in [9.17, 15) is 19.2 Å². The normalized spacial score (nSPS) is 14.3. The number of carbonyl (C=O) groups is 4. The molecule has 1 aliphatic rings. The van der Waals surface area contributed by atoms with Gasteiger partial charge in [0, 0.05) is 10.8 Å². The van der Waals surface area contributed by atoms with Crippen molar-refractivity contribution in [1.82, 2.24) is 5.32 Å². The highest BCUT2D eigenvalue weighted by atomic mass is 32.1. The number of methoxy groups -OCH3 is 1. The van der Waals surface area contributed by atoms with E-state index in [2.05, 4.69) is 10.6 Å². The Morgan fingerprint density at radius 2 is 1.83 bits per heavy atom. The number of nitrogens with one attached hydrogen (secondary N) is 2. The maximum absolute atomic E-state index is 12.6. The van der Waals surface area contributed by atoms with Gasteiger partial charge in [-0.3, -0.25) is 9.59 Å². The van der Waals surface area contributed by atoms with Gasteiger partial charge in [0.05, 0.1) is 12.7 Å². The molecule has 0 radical (unpaired) electrons. The Morgan fingerprint density at radius 1 is 1.17 bits per heavy atom. The van der Waals surface area contributed by atoms with Gasteiger partial charge in [0.2, 0.25) is 5.91 Å². The van der Waals surface area contributed by atoms with Gasteiger partial charge in [0.15, 0.2) is 6.61 Å². The number of esters is 2. The molecular formula is C20H28N2O6S. The molecular weight excluding hydrogens is 396 g/mol. The van der Waals surface area contributed by atoms with Crippen molar-refractivity contribution < 1.29 is 28.7 Å². The molecule has 8 nitrogen and oxygen atoms in total. The largest absolute Gasteiger partial charge is 0.467 e. The predicted octanol–water partition coefficient (Wildman–Crippen LogP) is 2.57. The molecule has 1 saturated carbocycles. The highest BCUT2D eigenvalue weighted by Crippen LogP contribution is 2.36. The molecule has 2 N–H and O–H groups in total. The van der Waals surface area contributed by atoms with E-state index >= 15 is 0 Å². The Bertz CT molecular complexity index is 797. The van der Waals surface area contributed by atoms with Crippen LogP contribution < -0.4 is 10.6 Å². The SMILES string of the molecule is COC(=O)C(CC(C)C)NC(=O)COC(=O)c1c(NC(=O)C2CC2)sc(C)c1C. The van der Waals surface area contributed by atoms with Crippen LogP contribution in [0.5, 0.6) is 0 Å². The Morgan fingerprint density at radius 3 is 2.38 bits per heavy atom. The smallest absolute Gasteiger partial charge is 0.341 e. The summed E-state index contributed by atoms with van der Waals surface area (Å²) in [4.78, 5) is 49.5. The number of amides is 2. The number of hydrogen-bond acceptors (Lipinski definition) is 7. The first-order valence-corrected chi connectivity index (χ1v) is 10.4. The summed E-state index contributed by atoms with van der Waals surface area (Å²) in [7, 11) is 1.25. The Hall–Kier alpha value is -2.42. The standard InChI is InChI=1S/C20H28N2O6S/c1-10(2)8-14(19(25)27-5)21-15(23)9-28-20(26)16-11(3)12(4)29-18(16)22-17(24)13-6-7-13/h10,13-14H,6-9H2,1-5H3,(H,21,23)(H,22,24). The molecule has 1 aromatic rings. The summed E-state index contributed by atoms with van der Waals surface area (Å²) in [6, 6.07) is -0.801. The topological polar surface area (TPSA) is 111 Å². The lowest BCUT2D eigenvalue weighted by Gasteiger charge is -2.18. The molecule has 1 atom stereocenters. The van der Waals surface area contributed by atoms with Crippen LogP contribution in [0.2, 0.25) is 0 Å². The molecule has 0 aliphatic heterocycles. The number of aryl methyl sites for hydroxylation is 1. The van der Waals surface area contributed by atoms with Gasteiger partial charge < -0.3 is 20.1 Å². The highest BCUT2D eigenvalue weighted by Gasteiger charge is 2.32. The van der Waals surface area contributed by atoms with E-state index in [1.807, 2.05) is 20.8 Å². The molecule has 1 unspecified atom stereocenters. The minimum absolute atomic E-state index is 0.00331. The number of anilines is 1. The minimum atomic E-state index is -0.801. The van der Waals surface area contributed by atoms with Gasteiger partial charge in [-0.15, -0.1) is 11.3 Å². The molecule has 1 aromatic heterocycles. The lowest BCUT2D eigenvalue weighted by Crippen LogP contribution is -2.44. The molecule has 1 aliphatic carbocycles. The summed E-state index contributed by atoms with van der Waals surface area (Å²) in [6.45, 7) is 6.92. The maximum atomic E-state index is 12.6. The minimum Gasteiger partial charge on any atom is -0.467 e. The zero-order valence-corrected chi connectivity index (χ0v) is 18.2. The zero-order chi connectivity index (χ0) is 21.7. The third kappa shape index (κ3) is 6.28. The van der Waals surface area contributed by atoms with Crippen LogP contribution >= 0.6 is 11.3 Å². The van der Waals surface area contributed by atoms with Crippen molar-refractivity contribution in [1.29, 1.82) is 0 Å². The molecule has 1 heterocycles. The second kappa shape index (κ2) is 9.87. The van der Waals surface area contributed by atoms with Crippen molar-refractivity contribution >= 4 is 40.1 Å². The molecule has 0 saturated heterocycles. The first kappa shape index (κ1) is 22.9. The van der Waals surface area contributed by atoms with Crippen LogP contribution in [-0.2, 0) is 23.9 Å². The Balaban J connectivity index is 1.99. The number of carbonyl (C=O) groups excluding carboxylic acids is 4. The summed E-state index contributed by atoms with van der Waals surface area (Å²) in [5, 5.41) is 5.77. The van der Waals surface area contributed by atoms with Gasteiger partial charge in [-0.2, -0.15) is 0 Å². The average Bonchev–Trinajstić information content (AvgIpc) is 3.46. The van der Waals surface area contributed by atoms with Crippen molar-refractivity contribution in [3.63, 3.8) is 0 Å². The molecule has 0 aromatic carbocycles. The summed E-state index contributed by atoms with van der Waals surface area (Å²) in [6.07, 6.45) is 2.12. The van der Waals surface area contributed by atoms with E-state index in [0.717, 1.165) is 17.7 Å². The molecule has 0 spiro atoms. The van der Waals surface area contributed by atoms with Crippen LogP contribution in [0.4, 0.5) is 5.00 Å². The molecule has 1 fully saturated rings. The third-order valence-corrected chi connectivity index (χ3v) is 5.76. The first-order valence-electron chi connectivity index (χ1n) is 9.59. The molecule has 2 amide bonds. The first-order chi connectivity index (χ1) is 13.6. The van der Waals surface area contributed by atoms with Crippen LogP contribution in [0, 0.1) is 25.7 Å². The lowest BCUT2D eigenvalue weighted by atomic mass is 10.0. The van der Waals surface area contributed by atoms with Crippen LogP contribution in [0.3, 0.4) is 0 Å². The maximum Gasteiger partial charge on any atom is 0.341 e. The summed E-state index contributed by atoms with van der Waals surface area (Å²) in [5.74, 6) is -1.77. The number of hydrogen-bond donors (Lipinski definition) is 2. The monoisotopic (exact) mass is 424 g/mol. The van der Waals surface area contributed by atoms with Crippen LogP contribution in [0.15, 0.2) is 0 Å². The molecule has 9 heteroatoms. The van der Waals surface area contributed by atoms with Gasteiger partial charge in [-0.05, 0) is 44.6 Å². The van der Waals surface area contributed by atoms with Crippen LogP contribution in [0.1, 0.15) is 53.9 Å². The zero-order valence-electron chi connectivity index (χ0n) is 17.4. The van der Waals surface area contributed by atoms with E-state index in [4.69, 9.17) is 9.47 Å². The Kier molecular flexibility index (Phi) is 7.78. The second-order valence-corrected chi connectivity index (χ2v) is 8.82. The number of thiophene rings is 1. The molecule has 160 valence electrons. The number of rotatable bonds is 9. The predicted molar refractivity (Wildman–Crippen MR) is 109 cm³/mol. The van der Waals surface area contributed by atoms with Crippen molar-refractivity contribution in [3.05, 3.63) is 16.0 Å². The van der Waals surface area contributed by atoms with E-state index in [-0.39, 0.29) is 23.3 Å². The molecule has 29 heavy (non-hydrogen) atoms. The van der Waals surface area contributed by atoms with E-state index in [1.165, 1.54) is 18.4 Å². The van der Waals surface area contributed by atoms with Gasteiger partial charge in [0.1, 0.15) is 11.0 Å². The van der Waals surface area contributed by atoms with Gasteiger partial charge >= 0.3 is 11.9 Å². The summed E-state index contributed by atoms with van der Waals surface area (Å²) >= 11 is 1.31. The Labute approximate surface area is 174 Å². The molecule has 2 rings (SSSR count). The number of ether oxygens (including phenoxy) is 2. The second-order valence-electron chi connectivity index (χ2n) is 7.60. The fourth-order valence-electron chi connectivity index (χ4n) is 2.79. The average molecular weight is 425 g/mol. The van der Waals surface area contributed by atoms with Crippen molar-refractivity contribution in [2.24, 2.45) is 11.8 Å². The van der Waals surface area contributed by atoms with E-state index in [0.29, 0.717) is 17.0 Å². The third-order valence-electron chi connectivity index (χ3n) is 4.64. The van der Waals surface area contributed by atoms with Crippen LogP contribution in [0.25, 0.3) is 0 Å². The summed E-state index contributed by atoms with van der Waals surface area (Å²) in [5.41, 5.74) is 0.972. The molecule has 0 bridgehead atoms. The van der Waals surface area contributed by atoms with Crippen molar-refractivity contribution in [2.45, 2.75) is 53.0 Å². The van der Waals surface area contributed by atoms with Crippen molar-refractivity contribution in [3.8, 4) is 0 Å². The van der Waals surface area contributed by atoms with Crippen molar-refractivity contribution in [2.75, 3.05) is 19.0 Å². The quantitative estimate of drug-likeness (QED) is 0.590. The van der Waals surface area contributed by atoms with Gasteiger partial charge in [0.25, 0.3) is 5.91 Å². The van der Waals surface area contributed by atoms with E-state index < -0.39 is 30.5 Å². The van der Waals surface area contributed by atoms with Gasteiger partial charge in [-0.25, -0.2) is 9.59 Å². The fraction of sp³-hybridized carbons (Fsp3) is 0.600. The lowest BCUT2D eigenvalue weighted by molar-refractivity contribution is -0.145. The highest BCUT2D eigenvalue weighted by molar-refractivity contribution is 7.16.